The number of anilines is 1. The molecule has 294 valence electrons. The minimum absolute atomic E-state index is 0.0870. The number of fused-ring (bicyclic) bond motifs is 1. The molecule has 1 aromatic heterocycles. The van der Waals surface area contributed by atoms with Crippen molar-refractivity contribution in [2.45, 2.75) is 69.7 Å². The van der Waals surface area contributed by atoms with Gasteiger partial charge in [0.1, 0.15) is 11.5 Å². The Labute approximate surface area is 330 Å². The third kappa shape index (κ3) is 9.51. The van der Waals surface area contributed by atoms with Crippen LogP contribution in [-0.4, -0.2) is 64.6 Å². The van der Waals surface area contributed by atoms with Gasteiger partial charge in [-0.05, 0) is 92.0 Å². The van der Waals surface area contributed by atoms with E-state index in [-0.39, 0.29) is 58.5 Å². The van der Waals surface area contributed by atoms with Crippen molar-refractivity contribution in [3.05, 3.63) is 123 Å². The summed E-state index contributed by atoms with van der Waals surface area (Å²) >= 11 is 6.59. The first-order valence-electron chi connectivity index (χ1n) is 18.9. The number of carbonyl (C=O) groups excluding carboxylic acids is 1. The number of hydrogen-bond acceptors (Lipinski definition) is 8. The van der Waals surface area contributed by atoms with E-state index in [1.54, 1.807) is 24.3 Å². The second kappa shape index (κ2) is 18.5. The number of aromatic amines is 1. The van der Waals surface area contributed by atoms with Crippen LogP contribution in [0.5, 0.6) is 11.5 Å². The van der Waals surface area contributed by atoms with E-state index < -0.39 is 12.2 Å². The van der Waals surface area contributed by atoms with E-state index in [9.17, 15) is 29.7 Å². The van der Waals surface area contributed by atoms with Gasteiger partial charge in [-0.3, -0.25) is 14.5 Å². The smallest absolute Gasteiger partial charge is 0.412 e. The number of unbranched alkanes of at least 4 members (excludes halogenated alkanes) is 1. The maximum Gasteiger partial charge on any atom is 0.412 e. The number of H-pyrrole nitrogens is 1. The van der Waals surface area contributed by atoms with Crippen molar-refractivity contribution >= 4 is 40.2 Å². The van der Waals surface area contributed by atoms with Gasteiger partial charge in [0.25, 0.3) is 5.91 Å². The lowest BCUT2D eigenvalue weighted by Crippen LogP contribution is -2.44. The Morgan fingerprint density at radius 1 is 1.00 bits per heavy atom. The monoisotopic (exact) mass is 781 g/mol. The third-order valence-corrected chi connectivity index (χ3v) is 10.7. The number of hydrogen-bond donors (Lipinski definition) is 7. The van der Waals surface area contributed by atoms with Gasteiger partial charge < -0.3 is 41.4 Å². The average Bonchev–Trinajstić information content (AvgIpc) is 3.19. The van der Waals surface area contributed by atoms with Gasteiger partial charge in [-0.2, -0.15) is 0 Å². The molecular weight excluding hydrogens is 734 g/mol. The molecule has 12 nitrogen and oxygen atoms in total. The van der Waals surface area contributed by atoms with E-state index >= 15 is 0 Å². The molecule has 0 unspecified atom stereocenters. The lowest BCUT2D eigenvalue weighted by Gasteiger charge is -2.35. The number of aromatic hydroxyl groups is 1. The van der Waals surface area contributed by atoms with Crippen LogP contribution in [0.4, 0.5) is 10.5 Å². The molecule has 6 rings (SSSR count). The summed E-state index contributed by atoms with van der Waals surface area (Å²) in [6.45, 7) is 0.840. The van der Waals surface area contributed by atoms with E-state index in [1.807, 2.05) is 48.5 Å². The molecule has 4 aromatic carbocycles. The zero-order valence-electron chi connectivity index (χ0n) is 31.3. The van der Waals surface area contributed by atoms with Crippen LogP contribution in [0.2, 0.25) is 5.02 Å². The molecule has 5 aromatic rings. The number of nitrogens with two attached hydrogens (primary N) is 1. The molecular formula is C43H48ClN5O7. The van der Waals surface area contributed by atoms with Gasteiger partial charge in [0.05, 0.1) is 35.0 Å². The highest BCUT2D eigenvalue weighted by Crippen LogP contribution is 2.37. The number of carboxylic acid groups (broad SMARTS) is 1. The maximum absolute atomic E-state index is 13.2. The van der Waals surface area contributed by atoms with E-state index in [0.29, 0.717) is 47.3 Å². The number of aliphatic hydroxyl groups excluding tert-OH is 1. The SMILES string of the molecule is COc1cc(C(=O)NCCCCc2ccc(-c3ccccc3)c(N(C(=O)O)C3CCC(N)CC3)c2)c(Cl)cc1CNC[C@@H](O)c1ccc(O)c2[nH]c(=O)ccc12. The Morgan fingerprint density at radius 2 is 1.77 bits per heavy atom. The number of pyridine rings is 1. The molecule has 13 heteroatoms. The first-order valence-corrected chi connectivity index (χ1v) is 19.3. The van der Waals surface area contributed by atoms with Gasteiger partial charge in [0.2, 0.25) is 5.56 Å². The third-order valence-electron chi connectivity index (χ3n) is 10.4. The molecule has 0 aliphatic heterocycles. The zero-order chi connectivity index (χ0) is 39.8. The Balaban J connectivity index is 1.04. The van der Waals surface area contributed by atoms with Crippen LogP contribution in [0.25, 0.3) is 22.0 Å². The lowest BCUT2D eigenvalue weighted by atomic mass is 9.89. The van der Waals surface area contributed by atoms with E-state index in [2.05, 4.69) is 15.6 Å². The molecule has 56 heavy (non-hydrogen) atoms. The van der Waals surface area contributed by atoms with Gasteiger partial charge in [-0.1, -0.05) is 60.1 Å². The average molecular weight is 782 g/mol. The lowest BCUT2D eigenvalue weighted by molar-refractivity contribution is 0.0952. The summed E-state index contributed by atoms with van der Waals surface area (Å²) in [7, 11) is 1.50. The van der Waals surface area contributed by atoms with E-state index in [1.165, 1.54) is 24.1 Å². The van der Waals surface area contributed by atoms with Gasteiger partial charge in [0.15, 0.2) is 0 Å². The van der Waals surface area contributed by atoms with Crippen LogP contribution in [0.15, 0.2) is 89.7 Å². The van der Waals surface area contributed by atoms with Crippen molar-refractivity contribution in [3.8, 4) is 22.6 Å². The predicted octanol–water partition coefficient (Wildman–Crippen LogP) is 6.89. The molecule has 0 radical (unpaired) electrons. The molecule has 1 saturated carbocycles. The van der Waals surface area contributed by atoms with Gasteiger partial charge >= 0.3 is 6.09 Å². The second-order valence-electron chi connectivity index (χ2n) is 14.2. The molecule has 1 aliphatic rings. The largest absolute Gasteiger partial charge is 0.506 e. The summed E-state index contributed by atoms with van der Waals surface area (Å²) in [5.74, 6) is 0.0331. The van der Waals surface area contributed by atoms with Crippen LogP contribution in [0.1, 0.15) is 71.7 Å². The van der Waals surface area contributed by atoms with Gasteiger partial charge in [-0.25, -0.2) is 4.79 Å². The summed E-state index contributed by atoms with van der Waals surface area (Å²) < 4.78 is 5.58. The number of aromatic nitrogens is 1. The van der Waals surface area contributed by atoms with Crippen molar-refractivity contribution in [2.75, 3.05) is 25.1 Å². The number of benzene rings is 4. The summed E-state index contributed by atoms with van der Waals surface area (Å²) in [5, 5.41) is 38.4. The normalized spacial score (nSPS) is 16.0. The first kappa shape index (κ1) is 40.3. The Hall–Kier alpha value is -5.40. The number of nitrogens with zero attached hydrogens (tertiary/aromatic N) is 1. The van der Waals surface area contributed by atoms with Crippen LogP contribution in [0, 0.1) is 0 Å². The number of aryl methyl sites for hydroxylation is 1. The van der Waals surface area contributed by atoms with Crippen molar-refractivity contribution in [3.63, 3.8) is 0 Å². The van der Waals surface area contributed by atoms with Crippen molar-refractivity contribution < 1.29 is 29.6 Å². The highest BCUT2D eigenvalue weighted by atomic mass is 35.5. The minimum Gasteiger partial charge on any atom is -0.506 e. The molecule has 1 fully saturated rings. The summed E-state index contributed by atoms with van der Waals surface area (Å²) in [6.07, 6.45) is 3.25. The quantitative estimate of drug-likeness (QED) is 0.0555. The Kier molecular flexibility index (Phi) is 13.3. The molecule has 1 heterocycles. The first-order chi connectivity index (χ1) is 27.0. The second-order valence-corrected chi connectivity index (χ2v) is 14.6. The minimum atomic E-state index is -0.972. The fraction of sp³-hybridized carbons (Fsp3) is 0.326. The highest BCUT2D eigenvalue weighted by molar-refractivity contribution is 6.34. The number of methoxy groups -OCH3 is 1. The fourth-order valence-corrected chi connectivity index (χ4v) is 7.73. The highest BCUT2D eigenvalue weighted by Gasteiger charge is 2.31. The molecule has 0 spiro atoms. The van der Waals surface area contributed by atoms with Crippen LogP contribution in [-0.2, 0) is 13.0 Å². The van der Waals surface area contributed by atoms with Crippen LogP contribution < -0.4 is 31.6 Å². The van der Waals surface area contributed by atoms with Gasteiger partial charge in [0, 0.05) is 54.3 Å². The van der Waals surface area contributed by atoms with Crippen LogP contribution >= 0.6 is 11.6 Å². The number of halogens is 1. The van der Waals surface area contributed by atoms with E-state index in [0.717, 1.165) is 48.8 Å². The van der Waals surface area contributed by atoms with Crippen LogP contribution in [0.3, 0.4) is 0 Å². The zero-order valence-corrected chi connectivity index (χ0v) is 32.0. The number of phenols is 1. The number of aliphatic hydroxyl groups is 1. The summed E-state index contributed by atoms with van der Waals surface area (Å²) in [5.41, 5.74) is 11.1. The summed E-state index contributed by atoms with van der Waals surface area (Å²) in [6, 6.07) is 25.0. The number of nitrogens with one attached hydrogen (secondary N) is 3. The molecule has 0 saturated heterocycles. The molecule has 0 bridgehead atoms. The molecule has 1 atom stereocenters. The van der Waals surface area contributed by atoms with E-state index in [4.69, 9.17) is 22.1 Å². The predicted molar refractivity (Wildman–Crippen MR) is 219 cm³/mol. The molecule has 2 amide bonds. The van der Waals surface area contributed by atoms with Crippen molar-refractivity contribution in [1.82, 2.24) is 15.6 Å². The Morgan fingerprint density at radius 3 is 2.50 bits per heavy atom. The topological polar surface area (TPSA) is 190 Å². The number of rotatable bonds is 15. The van der Waals surface area contributed by atoms with Gasteiger partial charge in [-0.15, -0.1) is 0 Å². The number of amides is 2. The fourth-order valence-electron chi connectivity index (χ4n) is 7.46. The summed E-state index contributed by atoms with van der Waals surface area (Å²) in [4.78, 5) is 41.8. The van der Waals surface area contributed by atoms with Crippen molar-refractivity contribution in [1.29, 1.82) is 0 Å². The molecule has 8 N–H and O–H groups in total. The number of carbonyl (C=O) groups is 2. The Bertz CT molecular complexity index is 2220. The number of phenolic OH excluding ortho intramolecular Hbond substituents is 1. The standard InChI is InChI=1S/C43H48ClN5O7/c1-56-39-23-34(35(44)22-28(39)24-46-25-38(51)32-16-18-37(50)41-33(32)17-19-40(52)48-41)42(53)47-20-6-5-7-26-10-15-31(27-8-3-2-4-9-27)36(21-26)49(43(54)55)30-13-11-29(45)12-14-30/h2-4,8-10,15-19,21-23,29-30,38,46,50-51H,5-7,11-14,20,24-25,45H2,1H3,(H,47,53)(H,48,52)(H,54,55)/t29?,30?,38-/m1/s1. The maximum atomic E-state index is 13.2. The molecule has 1 aliphatic carbocycles. The number of ether oxygens (including phenoxy) is 1. The van der Waals surface area contributed by atoms with Crippen molar-refractivity contribution in [2.24, 2.45) is 5.73 Å².